The van der Waals surface area contributed by atoms with Crippen molar-refractivity contribution in [1.29, 1.82) is 0 Å². The molecule has 0 radical (unpaired) electrons. The fourth-order valence-electron chi connectivity index (χ4n) is 3.23. The molecule has 1 unspecified atom stereocenters. The lowest BCUT2D eigenvalue weighted by molar-refractivity contribution is 0.0915. The van der Waals surface area contributed by atoms with Crippen molar-refractivity contribution in [3.8, 4) is 0 Å². The Morgan fingerprint density at radius 2 is 2.19 bits per heavy atom. The minimum absolute atomic E-state index is 0.0211. The summed E-state index contributed by atoms with van der Waals surface area (Å²) < 4.78 is 20.6. The minimum Gasteiger partial charge on any atom is -0.376 e. The number of anilines is 1. The zero-order chi connectivity index (χ0) is 18.8. The summed E-state index contributed by atoms with van der Waals surface area (Å²) >= 11 is 2.86. The molecule has 1 aliphatic heterocycles. The average molecular weight is 403 g/mol. The predicted octanol–water partition coefficient (Wildman–Crippen LogP) is 4.98. The van der Waals surface area contributed by atoms with Crippen molar-refractivity contribution in [2.45, 2.75) is 23.8 Å². The SMILES string of the molecule is CSc1ccccc1C(=O)N(CC1CCCO1)c1nc2c(F)cccc2s1. The molecular weight excluding hydrogens is 383 g/mol. The van der Waals surface area contributed by atoms with Gasteiger partial charge in [0.2, 0.25) is 0 Å². The smallest absolute Gasteiger partial charge is 0.261 e. The van der Waals surface area contributed by atoms with E-state index in [-0.39, 0.29) is 17.8 Å². The number of hydrogen-bond donors (Lipinski definition) is 0. The maximum Gasteiger partial charge on any atom is 0.261 e. The van der Waals surface area contributed by atoms with Gasteiger partial charge in [0.1, 0.15) is 11.3 Å². The third-order valence-corrected chi connectivity index (χ3v) is 6.42. The van der Waals surface area contributed by atoms with Crippen molar-refractivity contribution in [2.75, 3.05) is 24.3 Å². The summed E-state index contributed by atoms with van der Waals surface area (Å²) in [6, 6.07) is 12.4. The van der Waals surface area contributed by atoms with Gasteiger partial charge in [0.05, 0.1) is 22.9 Å². The van der Waals surface area contributed by atoms with Crippen LogP contribution in [0.15, 0.2) is 47.4 Å². The van der Waals surface area contributed by atoms with Crippen LogP contribution in [0, 0.1) is 5.82 Å². The molecule has 1 saturated heterocycles. The van der Waals surface area contributed by atoms with Gasteiger partial charge in [0, 0.05) is 11.5 Å². The van der Waals surface area contributed by atoms with E-state index in [0.717, 1.165) is 22.4 Å². The molecule has 0 bridgehead atoms. The third-order valence-electron chi connectivity index (χ3n) is 4.58. The van der Waals surface area contributed by atoms with Crippen molar-refractivity contribution in [1.82, 2.24) is 4.98 Å². The summed E-state index contributed by atoms with van der Waals surface area (Å²) in [6.45, 7) is 1.13. The highest BCUT2D eigenvalue weighted by molar-refractivity contribution is 7.98. The monoisotopic (exact) mass is 402 g/mol. The molecule has 4 rings (SSSR count). The molecular formula is C20H19FN2O2S2. The number of para-hydroxylation sites is 1. The largest absolute Gasteiger partial charge is 0.376 e. The zero-order valence-corrected chi connectivity index (χ0v) is 16.5. The molecule has 3 aromatic rings. The van der Waals surface area contributed by atoms with E-state index < -0.39 is 0 Å². The number of benzene rings is 2. The Hall–Kier alpha value is -1.96. The molecule has 1 aromatic heterocycles. The number of carbonyl (C=O) groups is 1. The van der Waals surface area contributed by atoms with Crippen molar-refractivity contribution < 1.29 is 13.9 Å². The van der Waals surface area contributed by atoms with Gasteiger partial charge in [-0.15, -0.1) is 11.8 Å². The van der Waals surface area contributed by atoms with E-state index >= 15 is 0 Å². The third kappa shape index (κ3) is 3.72. The first-order valence-electron chi connectivity index (χ1n) is 8.79. The van der Waals surface area contributed by atoms with Crippen LogP contribution < -0.4 is 4.90 Å². The van der Waals surface area contributed by atoms with Crippen LogP contribution in [0.4, 0.5) is 9.52 Å². The Labute approximate surface area is 165 Å². The van der Waals surface area contributed by atoms with Crippen LogP contribution in [0.5, 0.6) is 0 Å². The van der Waals surface area contributed by atoms with Gasteiger partial charge in [0.25, 0.3) is 5.91 Å². The molecule has 0 spiro atoms. The van der Waals surface area contributed by atoms with Crippen LogP contribution in [-0.2, 0) is 4.74 Å². The van der Waals surface area contributed by atoms with Gasteiger partial charge < -0.3 is 4.74 Å². The number of rotatable bonds is 5. The number of halogens is 1. The molecule has 1 amide bonds. The van der Waals surface area contributed by atoms with Crippen LogP contribution >= 0.6 is 23.1 Å². The highest BCUT2D eigenvalue weighted by Gasteiger charge is 2.28. The Bertz CT molecular complexity index is 970. The molecule has 2 aromatic carbocycles. The predicted molar refractivity (Wildman–Crippen MR) is 108 cm³/mol. The van der Waals surface area contributed by atoms with E-state index in [1.165, 1.54) is 29.2 Å². The fourth-order valence-corrected chi connectivity index (χ4v) is 4.80. The van der Waals surface area contributed by atoms with Crippen molar-refractivity contribution in [3.05, 3.63) is 53.8 Å². The van der Waals surface area contributed by atoms with Gasteiger partial charge in [-0.2, -0.15) is 0 Å². The molecule has 1 atom stereocenters. The van der Waals surface area contributed by atoms with Gasteiger partial charge in [-0.05, 0) is 43.4 Å². The van der Waals surface area contributed by atoms with Crippen LogP contribution in [0.2, 0.25) is 0 Å². The van der Waals surface area contributed by atoms with Gasteiger partial charge >= 0.3 is 0 Å². The number of aromatic nitrogens is 1. The van der Waals surface area contributed by atoms with Gasteiger partial charge in [0.15, 0.2) is 5.13 Å². The second-order valence-electron chi connectivity index (χ2n) is 6.33. The average Bonchev–Trinajstić information content (AvgIpc) is 3.35. The number of nitrogens with zero attached hydrogens (tertiary/aromatic N) is 2. The van der Waals surface area contributed by atoms with Gasteiger partial charge in [-0.25, -0.2) is 9.37 Å². The lowest BCUT2D eigenvalue weighted by Gasteiger charge is -2.24. The highest BCUT2D eigenvalue weighted by atomic mass is 32.2. The van der Waals surface area contributed by atoms with E-state index in [2.05, 4.69) is 4.98 Å². The molecule has 4 nitrogen and oxygen atoms in total. The quantitative estimate of drug-likeness (QED) is 0.564. The maximum absolute atomic E-state index is 14.1. The second kappa shape index (κ2) is 7.96. The topological polar surface area (TPSA) is 42.4 Å². The number of fused-ring (bicyclic) bond motifs is 1. The number of carbonyl (C=O) groups excluding carboxylic acids is 1. The molecule has 7 heteroatoms. The Morgan fingerprint density at radius 3 is 2.93 bits per heavy atom. The lowest BCUT2D eigenvalue weighted by Crippen LogP contribution is -2.37. The van der Waals surface area contributed by atoms with Gasteiger partial charge in [-0.3, -0.25) is 9.69 Å². The molecule has 2 heterocycles. The maximum atomic E-state index is 14.1. The van der Waals surface area contributed by atoms with Crippen molar-refractivity contribution in [2.24, 2.45) is 0 Å². The first-order chi connectivity index (χ1) is 13.2. The minimum atomic E-state index is -0.371. The number of hydrogen-bond acceptors (Lipinski definition) is 5. The molecule has 1 fully saturated rings. The van der Waals surface area contributed by atoms with Crippen molar-refractivity contribution >= 4 is 44.4 Å². The number of amides is 1. The Kier molecular flexibility index (Phi) is 5.43. The summed E-state index contributed by atoms with van der Waals surface area (Å²) in [5, 5.41) is 0.506. The second-order valence-corrected chi connectivity index (χ2v) is 8.19. The van der Waals surface area contributed by atoms with E-state index in [1.54, 1.807) is 11.0 Å². The molecule has 27 heavy (non-hydrogen) atoms. The number of ether oxygens (including phenoxy) is 1. The van der Waals surface area contributed by atoms with E-state index in [1.807, 2.05) is 36.6 Å². The highest BCUT2D eigenvalue weighted by Crippen LogP contribution is 2.33. The van der Waals surface area contributed by atoms with Gasteiger partial charge in [-0.1, -0.05) is 29.5 Å². The van der Waals surface area contributed by atoms with Crippen LogP contribution in [0.1, 0.15) is 23.2 Å². The van der Waals surface area contributed by atoms with E-state index in [9.17, 15) is 9.18 Å². The number of thioether (sulfide) groups is 1. The Morgan fingerprint density at radius 1 is 1.33 bits per heavy atom. The van der Waals surface area contributed by atoms with Crippen molar-refractivity contribution in [3.63, 3.8) is 0 Å². The standard InChI is InChI=1S/C20H19FN2O2S2/c1-26-16-9-3-2-7-14(16)19(24)23(12-13-6-5-11-25-13)20-22-18-15(21)8-4-10-17(18)27-20/h2-4,7-10,13H,5-6,11-12H2,1H3. The summed E-state index contributed by atoms with van der Waals surface area (Å²) in [4.78, 5) is 20.4. The van der Waals surface area contributed by atoms with E-state index in [0.29, 0.717) is 29.4 Å². The number of thiazole rings is 1. The van der Waals surface area contributed by atoms with Crippen LogP contribution in [-0.4, -0.2) is 36.4 Å². The fraction of sp³-hybridized carbons (Fsp3) is 0.300. The molecule has 1 aliphatic rings. The van der Waals surface area contributed by atoms with E-state index in [4.69, 9.17) is 4.74 Å². The normalized spacial score (nSPS) is 16.7. The van der Waals surface area contributed by atoms with Crippen LogP contribution in [0.25, 0.3) is 10.2 Å². The summed E-state index contributed by atoms with van der Waals surface area (Å²) in [7, 11) is 0. The molecule has 0 N–H and O–H groups in total. The molecule has 140 valence electrons. The summed E-state index contributed by atoms with van der Waals surface area (Å²) in [5.74, 6) is -0.501. The Balaban J connectivity index is 1.75. The van der Waals surface area contributed by atoms with Crippen LogP contribution in [0.3, 0.4) is 0 Å². The zero-order valence-electron chi connectivity index (χ0n) is 14.9. The molecule has 0 aliphatic carbocycles. The first-order valence-corrected chi connectivity index (χ1v) is 10.8. The molecule has 0 saturated carbocycles. The lowest BCUT2D eigenvalue weighted by atomic mass is 10.1. The summed E-state index contributed by atoms with van der Waals surface area (Å²) in [6.07, 6.45) is 3.83. The first kappa shape index (κ1) is 18.4. The summed E-state index contributed by atoms with van der Waals surface area (Å²) in [5.41, 5.74) is 0.934.